The van der Waals surface area contributed by atoms with Crippen LogP contribution in [0.2, 0.25) is 0 Å². The number of hydrogen-bond donors (Lipinski definition) is 1. The van der Waals surface area contributed by atoms with E-state index in [2.05, 4.69) is 4.72 Å². The van der Waals surface area contributed by atoms with Crippen molar-refractivity contribution in [2.24, 2.45) is 5.92 Å². The number of esters is 1. The van der Waals surface area contributed by atoms with Crippen molar-refractivity contribution in [1.82, 2.24) is 4.72 Å². The van der Waals surface area contributed by atoms with E-state index in [0.29, 0.717) is 11.1 Å². The molecular formula is C24H29NO5S. The normalized spacial score (nSPS) is 12.8. The predicted octanol–water partition coefficient (Wildman–Crippen LogP) is 3.95. The van der Waals surface area contributed by atoms with Gasteiger partial charge in [0.1, 0.15) is 6.04 Å². The van der Waals surface area contributed by atoms with Gasteiger partial charge >= 0.3 is 5.97 Å². The number of ether oxygens (including phenoxy) is 1. The molecule has 0 saturated heterocycles. The molecule has 1 atom stereocenters. The van der Waals surface area contributed by atoms with Gasteiger partial charge in [0.25, 0.3) is 0 Å². The summed E-state index contributed by atoms with van der Waals surface area (Å²) < 4.78 is 32.4. The number of sulfonamides is 1. The first-order valence-corrected chi connectivity index (χ1v) is 11.6. The van der Waals surface area contributed by atoms with Crippen LogP contribution in [0.3, 0.4) is 0 Å². The number of benzene rings is 2. The molecule has 0 aliphatic carbocycles. The van der Waals surface area contributed by atoms with Crippen LogP contribution in [0, 0.1) is 26.7 Å². The smallest absolute Gasteiger partial charge is 0.324 e. The fourth-order valence-electron chi connectivity index (χ4n) is 2.97. The lowest BCUT2D eigenvalue weighted by molar-refractivity contribution is -0.145. The fraction of sp³-hybridized carbons (Fsp3) is 0.333. The number of aryl methyl sites for hydroxylation is 3. The van der Waals surface area contributed by atoms with Gasteiger partial charge in [-0.25, -0.2) is 8.42 Å². The van der Waals surface area contributed by atoms with E-state index in [4.69, 9.17) is 4.74 Å². The van der Waals surface area contributed by atoms with Crippen LogP contribution in [-0.4, -0.2) is 32.8 Å². The quantitative estimate of drug-likeness (QED) is 0.468. The zero-order chi connectivity index (χ0) is 23.2. The van der Waals surface area contributed by atoms with Crippen molar-refractivity contribution in [2.45, 2.75) is 40.7 Å². The summed E-state index contributed by atoms with van der Waals surface area (Å²) in [5.74, 6) is -1.49. The van der Waals surface area contributed by atoms with E-state index in [-0.39, 0.29) is 11.7 Å². The third-order valence-corrected chi connectivity index (χ3v) is 6.01. The van der Waals surface area contributed by atoms with E-state index in [1.807, 2.05) is 32.9 Å². The Labute approximate surface area is 184 Å². The van der Waals surface area contributed by atoms with Crippen molar-refractivity contribution in [3.05, 3.63) is 75.7 Å². The van der Waals surface area contributed by atoms with Gasteiger partial charge in [0, 0.05) is 11.0 Å². The second kappa shape index (κ2) is 10.5. The highest BCUT2D eigenvalue weighted by Crippen LogP contribution is 2.16. The van der Waals surface area contributed by atoms with Gasteiger partial charge in [-0.3, -0.25) is 9.59 Å². The molecule has 1 N–H and O–H groups in total. The number of nitrogens with one attached hydrogen (secondary N) is 1. The minimum absolute atomic E-state index is 0.330. The summed E-state index contributed by atoms with van der Waals surface area (Å²) in [6.07, 6.45) is 1.44. The highest BCUT2D eigenvalue weighted by atomic mass is 32.2. The van der Waals surface area contributed by atoms with Crippen LogP contribution in [-0.2, 0) is 19.6 Å². The highest BCUT2D eigenvalue weighted by Gasteiger charge is 2.28. The molecule has 0 bridgehead atoms. The molecule has 2 aromatic carbocycles. The van der Waals surface area contributed by atoms with Crippen LogP contribution in [0.25, 0.3) is 6.08 Å². The standard InChI is InChI=1S/C24H29NO5S/c1-16(2)23(25-31(28,29)12-11-20-9-7-6-8-10-20)24(27)30-15-22(26)21-14-18(4)17(3)13-19(21)5/h6-14,16,23,25H,15H2,1-5H3/b12-11+. The molecule has 0 saturated carbocycles. The average Bonchev–Trinajstić information content (AvgIpc) is 2.72. The maximum atomic E-state index is 12.6. The van der Waals surface area contributed by atoms with Crippen LogP contribution >= 0.6 is 0 Å². The lowest BCUT2D eigenvalue weighted by Crippen LogP contribution is -2.45. The van der Waals surface area contributed by atoms with Gasteiger partial charge in [0.05, 0.1) is 0 Å². The van der Waals surface area contributed by atoms with Gasteiger partial charge in [0.2, 0.25) is 15.8 Å². The first-order chi connectivity index (χ1) is 14.5. The minimum atomic E-state index is -3.89. The highest BCUT2D eigenvalue weighted by molar-refractivity contribution is 7.92. The largest absolute Gasteiger partial charge is 0.456 e. The Morgan fingerprint density at radius 1 is 1.00 bits per heavy atom. The Hall–Kier alpha value is -2.77. The Bertz CT molecular complexity index is 1070. The van der Waals surface area contributed by atoms with Crippen molar-refractivity contribution in [3.8, 4) is 0 Å². The third-order valence-electron chi connectivity index (χ3n) is 4.94. The molecule has 2 aromatic rings. The zero-order valence-corrected chi connectivity index (χ0v) is 19.3. The summed E-state index contributed by atoms with van der Waals surface area (Å²) in [5, 5.41) is 1.01. The Morgan fingerprint density at radius 3 is 2.23 bits per heavy atom. The number of ketones is 1. The van der Waals surface area contributed by atoms with Crippen molar-refractivity contribution in [2.75, 3.05) is 6.61 Å². The van der Waals surface area contributed by atoms with Gasteiger partial charge in [-0.05, 0) is 61.1 Å². The van der Waals surface area contributed by atoms with Crippen molar-refractivity contribution in [1.29, 1.82) is 0 Å². The van der Waals surface area contributed by atoms with E-state index in [1.54, 1.807) is 44.2 Å². The van der Waals surface area contributed by atoms with E-state index in [0.717, 1.165) is 22.1 Å². The summed E-state index contributed by atoms with van der Waals surface area (Å²) in [5.41, 5.74) is 4.05. The van der Waals surface area contributed by atoms with Crippen molar-refractivity contribution < 1.29 is 22.7 Å². The monoisotopic (exact) mass is 443 g/mol. The first kappa shape index (κ1) is 24.5. The summed E-state index contributed by atoms with van der Waals surface area (Å²) >= 11 is 0. The van der Waals surface area contributed by atoms with Crippen molar-refractivity contribution in [3.63, 3.8) is 0 Å². The number of carbonyl (C=O) groups excluding carboxylic acids is 2. The molecule has 1 unspecified atom stereocenters. The lowest BCUT2D eigenvalue weighted by atomic mass is 9.98. The molecule has 31 heavy (non-hydrogen) atoms. The molecule has 7 heteroatoms. The average molecular weight is 444 g/mol. The SMILES string of the molecule is Cc1cc(C)c(C(=O)COC(=O)C(NS(=O)(=O)/C=C/c2ccccc2)C(C)C)cc1C. The van der Waals surface area contributed by atoms with Crippen LogP contribution in [0.1, 0.15) is 46.5 Å². The van der Waals surface area contributed by atoms with Crippen LogP contribution in [0.4, 0.5) is 0 Å². The van der Waals surface area contributed by atoms with E-state index in [9.17, 15) is 18.0 Å². The number of carbonyl (C=O) groups is 2. The number of rotatable bonds is 9. The molecule has 0 spiro atoms. The molecule has 6 nitrogen and oxygen atoms in total. The Morgan fingerprint density at radius 2 is 1.61 bits per heavy atom. The fourth-order valence-corrected chi connectivity index (χ4v) is 4.11. The zero-order valence-electron chi connectivity index (χ0n) is 18.5. The molecule has 0 heterocycles. The molecular weight excluding hydrogens is 414 g/mol. The Kier molecular flexibility index (Phi) is 8.30. The maximum Gasteiger partial charge on any atom is 0.324 e. The van der Waals surface area contributed by atoms with E-state index in [1.165, 1.54) is 6.08 Å². The summed E-state index contributed by atoms with van der Waals surface area (Å²) in [4.78, 5) is 25.1. The van der Waals surface area contributed by atoms with E-state index >= 15 is 0 Å². The molecule has 0 fully saturated rings. The molecule has 166 valence electrons. The summed E-state index contributed by atoms with van der Waals surface area (Å²) in [7, 11) is -3.89. The van der Waals surface area contributed by atoms with Crippen LogP contribution in [0.15, 0.2) is 47.9 Å². The van der Waals surface area contributed by atoms with Crippen LogP contribution in [0.5, 0.6) is 0 Å². The minimum Gasteiger partial charge on any atom is -0.456 e. The topological polar surface area (TPSA) is 89.5 Å². The molecule has 0 aliphatic heterocycles. The van der Waals surface area contributed by atoms with Gasteiger partial charge in [0.15, 0.2) is 6.61 Å². The van der Waals surface area contributed by atoms with Gasteiger partial charge in [-0.1, -0.05) is 50.2 Å². The molecule has 0 amide bonds. The molecule has 2 rings (SSSR count). The number of Topliss-reactive ketones (excluding diaryl/α,β-unsaturated/α-hetero) is 1. The number of hydrogen-bond acceptors (Lipinski definition) is 5. The summed E-state index contributed by atoms with van der Waals surface area (Å²) in [6, 6.07) is 11.5. The maximum absolute atomic E-state index is 12.6. The van der Waals surface area contributed by atoms with Gasteiger partial charge in [-0.15, -0.1) is 0 Å². The van der Waals surface area contributed by atoms with Gasteiger partial charge < -0.3 is 4.74 Å². The third kappa shape index (κ3) is 7.15. The van der Waals surface area contributed by atoms with Crippen LogP contribution < -0.4 is 4.72 Å². The summed E-state index contributed by atoms with van der Waals surface area (Å²) in [6.45, 7) is 8.64. The molecule has 0 radical (unpaired) electrons. The van der Waals surface area contributed by atoms with Crippen molar-refractivity contribution >= 4 is 27.9 Å². The second-order valence-corrected chi connectivity index (χ2v) is 9.48. The molecule has 0 aliphatic rings. The Balaban J connectivity index is 2.06. The predicted molar refractivity (Wildman–Crippen MR) is 122 cm³/mol. The lowest BCUT2D eigenvalue weighted by Gasteiger charge is -2.20. The van der Waals surface area contributed by atoms with Gasteiger partial charge in [-0.2, -0.15) is 4.72 Å². The second-order valence-electron chi connectivity index (χ2n) is 7.88. The first-order valence-electron chi connectivity index (χ1n) is 10.0. The van der Waals surface area contributed by atoms with E-state index < -0.39 is 28.6 Å². The molecule has 0 aromatic heterocycles.